The quantitative estimate of drug-likeness (QED) is 0.696. The number of piperazine rings is 1. The van der Waals surface area contributed by atoms with E-state index in [9.17, 15) is 18.0 Å². The number of nitrogens with one attached hydrogen (secondary N) is 2. The number of carbonyl (C=O) groups excluding carboxylic acids is 1. The predicted molar refractivity (Wildman–Crippen MR) is 102 cm³/mol. The van der Waals surface area contributed by atoms with Gasteiger partial charge in [0, 0.05) is 43.5 Å². The second-order valence-electron chi connectivity index (χ2n) is 5.77. The summed E-state index contributed by atoms with van der Waals surface area (Å²) in [7, 11) is 0. The number of thioether (sulfide) groups is 1. The summed E-state index contributed by atoms with van der Waals surface area (Å²) < 4.78 is 39.7. The minimum absolute atomic E-state index is 0. The minimum atomic E-state index is -4.36. The fourth-order valence-corrected chi connectivity index (χ4v) is 3.49. The normalized spacial score (nSPS) is 16.6. The number of halogens is 5. The second-order valence-corrected chi connectivity index (χ2v) is 7.19. The van der Waals surface area contributed by atoms with E-state index in [1.165, 1.54) is 16.7 Å². The van der Waals surface area contributed by atoms with Crippen molar-refractivity contribution >= 4 is 41.7 Å². The van der Waals surface area contributed by atoms with Crippen molar-refractivity contribution in [2.24, 2.45) is 0 Å². The van der Waals surface area contributed by atoms with Crippen molar-refractivity contribution in [2.75, 3.05) is 38.5 Å². The summed E-state index contributed by atoms with van der Waals surface area (Å²) >= 11 is 7.15. The van der Waals surface area contributed by atoms with Gasteiger partial charge in [-0.1, -0.05) is 23.7 Å². The summed E-state index contributed by atoms with van der Waals surface area (Å²) in [4.78, 5) is 13.2. The van der Waals surface area contributed by atoms with Crippen molar-refractivity contribution < 1.29 is 18.0 Å². The molecule has 0 spiro atoms. The highest BCUT2D eigenvalue weighted by Gasteiger charge is 2.43. The number of carbonyl (C=O) groups is 1. The standard InChI is InChI=1S/C16H21ClF3N3OS.ClH/c17-13-3-1-12(2-4-13)10-25-11-15(24)22-9-14(16(18,19)20)23-7-5-21-6-8-23;/h1-4,14,21H,5-11H2,(H,22,24);1H. The summed E-state index contributed by atoms with van der Waals surface area (Å²) in [6.45, 7) is 1.29. The lowest BCUT2D eigenvalue weighted by molar-refractivity contribution is -0.183. The maximum Gasteiger partial charge on any atom is 0.405 e. The number of rotatable bonds is 7. The highest BCUT2D eigenvalue weighted by Crippen LogP contribution is 2.24. The number of hydrogen-bond donors (Lipinski definition) is 2. The van der Waals surface area contributed by atoms with Gasteiger partial charge < -0.3 is 10.6 Å². The molecule has 1 aliphatic rings. The van der Waals surface area contributed by atoms with Crippen LogP contribution in [0.2, 0.25) is 5.02 Å². The van der Waals surface area contributed by atoms with Gasteiger partial charge in [-0.05, 0) is 17.7 Å². The zero-order valence-corrected chi connectivity index (χ0v) is 16.4. The van der Waals surface area contributed by atoms with Crippen LogP contribution in [0.25, 0.3) is 0 Å². The summed E-state index contributed by atoms with van der Waals surface area (Å²) in [5.74, 6) is 0.336. The summed E-state index contributed by atoms with van der Waals surface area (Å²) in [6, 6.07) is 5.60. The van der Waals surface area contributed by atoms with Crippen LogP contribution in [0.4, 0.5) is 13.2 Å². The first kappa shape index (κ1) is 23.4. The maximum atomic E-state index is 13.2. The highest BCUT2D eigenvalue weighted by molar-refractivity contribution is 7.99. The van der Waals surface area contributed by atoms with Gasteiger partial charge in [0.05, 0.1) is 5.75 Å². The molecule has 1 unspecified atom stereocenters. The van der Waals surface area contributed by atoms with Crippen LogP contribution in [0.1, 0.15) is 5.56 Å². The van der Waals surface area contributed by atoms with E-state index in [1.807, 2.05) is 12.1 Å². The van der Waals surface area contributed by atoms with Crippen LogP contribution >= 0.6 is 35.8 Å². The third kappa shape index (κ3) is 7.92. The van der Waals surface area contributed by atoms with Gasteiger partial charge in [0.25, 0.3) is 0 Å². The van der Waals surface area contributed by atoms with Gasteiger partial charge in [-0.25, -0.2) is 0 Å². The van der Waals surface area contributed by atoms with Crippen molar-refractivity contribution in [1.82, 2.24) is 15.5 Å². The van der Waals surface area contributed by atoms with Crippen molar-refractivity contribution in [3.8, 4) is 0 Å². The third-order valence-corrected chi connectivity index (χ3v) is 5.13. The molecule has 1 amide bonds. The Balaban J connectivity index is 0.00000338. The largest absolute Gasteiger partial charge is 0.405 e. The Morgan fingerprint density at radius 1 is 1.27 bits per heavy atom. The molecular weight excluding hydrogens is 410 g/mol. The molecule has 0 aliphatic carbocycles. The highest BCUT2D eigenvalue weighted by atomic mass is 35.5. The van der Waals surface area contributed by atoms with E-state index < -0.39 is 18.8 Å². The summed E-state index contributed by atoms with van der Waals surface area (Å²) in [5.41, 5.74) is 1.01. The molecule has 4 nitrogen and oxygen atoms in total. The number of amides is 1. The lowest BCUT2D eigenvalue weighted by Crippen LogP contribution is -2.57. The molecule has 148 valence electrons. The van der Waals surface area contributed by atoms with Crippen molar-refractivity contribution in [2.45, 2.75) is 18.0 Å². The molecule has 1 heterocycles. The molecule has 2 N–H and O–H groups in total. The van der Waals surface area contributed by atoms with Crippen LogP contribution < -0.4 is 10.6 Å². The van der Waals surface area contributed by atoms with E-state index in [0.29, 0.717) is 37.0 Å². The van der Waals surface area contributed by atoms with E-state index in [4.69, 9.17) is 11.6 Å². The third-order valence-electron chi connectivity index (χ3n) is 3.88. The van der Waals surface area contributed by atoms with Crippen LogP contribution in [0.3, 0.4) is 0 Å². The monoisotopic (exact) mass is 431 g/mol. The number of nitrogens with zero attached hydrogens (tertiary/aromatic N) is 1. The van der Waals surface area contributed by atoms with Crippen LogP contribution in [0, 0.1) is 0 Å². The molecule has 0 saturated carbocycles. The maximum absolute atomic E-state index is 13.2. The average Bonchev–Trinajstić information content (AvgIpc) is 2.56. The van der Waals surface area contributed by atoms with E-state index in [-0.39, 0.29) is 24.1 Å². The Morgan fingerprint density at radius 2 is 1.88 bits per heavy atom. The van der Waals surface area contributed by atoms with Gasteiger partial charge in [0.15, 0.2) is 0 Å². The Labute approximate surface area is 166 Å². The van der Waals surface area contributed by atoms with Gasteiger partial charge in [0.2, 0.25) is 5.91 Å². The predicted octanol–water partition coefficient (Wildman–Crippen LogP) is 2.95. The summed E-state index contributed by atoms with van der Waals surface area (Å²) in [5, 5.41) is 6.08. The first-order chi connectivity index (χ1) is 11.9. The molecule has 0 radical (unpaired) electrons. The molecule has 1 aromatic carbocycles. The van der Waals surface area contributed by atoms with Crippen LogP contribution in [-0.2, 0) is 10.5 Å². The first-order valence-corrected chi connectivity index (χ1v) is 9.50. The number of benzene rings is 1. The fraction of sp³-hybridized carbons (Fsp3) is 0.562. The molecule has 1 saturated heterocycles. The molecule has 26 heavy (non-hydrogen) atoms. The lowest BCUT2D eigenvalue weighted by atomic mass is 10.2. The van der Waals surface area contributed by atoms with Gasteiger partial charge in [-0.2, -0.15) is 13.2 Å². The molecule has 0 aromatic heterocycles. The second kappa shape index (κ2) is 11.2. The van der Waals surface area contributed by atoms with Crippen LogP contribution in [-0.4, -0.2) is 61.5 Å². The molecule has 1 atom stereocenters. The molecule has 1 aromatic rings. The minimum Gasteiger partial charge on any atom is -0.353 e. The molecule has 2 rings (SSSR count). The van der Waals surface area contributed by atoms with Crippen LogP contribution in [0.5, 0.6) is 0 Å². The fourth-order valence-electron chi connectivity index (χ4n) is 2.55. The smallest absolute Gasteiger partial charge is 0.353 e. The Bertz CT molecular complexity index is 555. The molecule has 1 fully saturated rings. The molecule has 0 bridgehead atoms. The Hall–Kier alpha value is -0.670. The summed E-state index contributed by atoms with van der Waals surface area (Å²) in [6.07, 6.45) is -4.36. The van der Waals surface area contributed by atoms with Gasteiger partial charge in [-0.3, -0.25) is 9.69 Å². The zero-order chi connectivity index (χ0) is 18.3. The topological polar surface area (TPSA) is 44.4 Å². The Kier molecular flexibility index (Phi) is 10.1. The molecule has 10 heteroatoms. The van der Waals surface area contributed by atoms with Crippen LogP contribution in [0.15, 0.2) is 24.3 Å². The van der Waals surface area contributed by atoms with Gasteiger partial charge >= 0.3 is 6.18 Å². The Morgan fingerprint density at radius 3 is 2.46 bits per heavy atom. The van der Waals surface area contributed by atoms with Gasteiger partial charge in [-0.15, -0.1) is 24.2 Å². The van der Waals surface area contributed by atoms with Gasteiger partial charge in [0.1, 0.15) is 6.04 Å². The van der Waals surface area contributed by atoms with Crippen molar-refractivity contribution in [3.05, 3.63) is 34.9 Å². The van der Waals surface area contributed by atoms with E-state index >= 15 is 0 Å². The van der Waals surface area contributed by atoms with Crippen molar-refractivity contribution in [1.29, 1.82) is 0 Å². The zero-order valence-electron chi connectivity index (χ0n) is 14.0. The molecular formula is C16H22Cl2F3N3OS. The van der Waals surface area contributed by atoms with Crippen molar-refractivity contribution in [3.63, 3.8) is 0 Å². The number of alkyl halides is 3. The number of hydrogen-bond acceptors (Lipinski definition) is 4. The van der Waals surface area contributed by atoms with E-state index in [1.54, 1.807) is 12.1 Å². The molecule has 1 aliphatic heterocycles. The average molecular weight is 432 g/mol. The SMILES string of the molecule is Cl.O=C(CSCc1ccc(Cl)cc1)NCC(N1CCNCC1)C(F)(F)F. The van der Waals surface area contributed by atoms with E-state index in [2.05, 4.69) is 10.6 Å². The lowest BCUT2D eigenvalue weighted by Gasteiger charge is -2.35. The van der Waals surface area contributed by atoms with E-state index in [0.717, 1.165) is 5.56 Å². The first-order valence-electron chi connectivity index (χ1n) is 7.96.